The van der Waals surface area contributed by atoms with Gasteiger partial charge in [0.25, 0.3) is 0 Å². The maximum atomic E-state index is 5.98. The molecule has 3 aromatic rings. The smallest absolute Gasteiger partial charge is 0.407 e. The first-order valence-electron chi connectivity index (χ1n) is 7.72. The van der Waals surface area contributed by atoms with E-state index in [1.54, 1.807) is 54.6 Å². The normalized spacial score (nSPS) is 10.8. The van der Waals surface area contributed by atoms with Crippen LogP contribution >= 0.6 is 84.4 Å². The van der Waals surface area contributed by atoms with E-state index >= 15 is 0 Å². The standard InChI is InChI=1S/C18H15O3PS6/c23-10-1-4-13(16(26)7-10)19-22(20-14-5-2-11(24)8-17(14)27)21-15-6-3-12(25)9-18(15)28/h1-9,23-28H. The molecule has 146 valence electrons. The van der Waals surface area contributed by atoms with Crippen molar-refractivity contribution in [3.8, 4) is 17.2 Å². The van der Waals surface area contributed by atoms with Gasteiger partial charge in [-0.1, -0.05) is 0 Å². The Kier molecular flexibility index (Phi) is 8.01. The van der Waals surface area contributed by atoms with E-state index in [-0.39, 0.29) is 0 Å². The fraction of sp³-hybridized carbons (Fsp3) is 0. The number of hydrogen-bond acceptors (Lipinski definition) is 9. The van der Waals surface area contributed by atoms with Crippen molar-refractivity contribution in [2.24, 2.45) is 0 Å². The SMILES string of the molecule is Sc1ccc(OP(Oc2ccc(S)cc2S)Oc2ccc(S)cc2S)c(S)c1. The number of thiol groups is 6. The van der Waals surface area contributed by atoms with Gasteiger partial charge >= 0.3 is 8.60 Å². The Balaban J connectivity index is 1.90. The van der Waals surface area contributed by atoms with Gasteiger partial charge in [0.1, 0.15) is 17.2 Å². The summed E-state index contributed by atoms with van der Waals surface area (Å²) in [6, 6.07) is 16.0. The molecule has 0 unspecified atom stereocenters. The van der Waals surface area contributed by atoms with Crippen molar-refractivity contribution in [1.82, 2.24) is 0 Å². The molecule has 3 aromatic carbocycles. The zero-order chi connectivity index (χ0) is 20.3. The van der Waals surface area contributed by atoms with E-state index in [2.05, 4.69) is 75.8 Å². The average Bonchev–Trinajstić information content (AvgIpc) is 2.62. The summed E-state index contributed by atoms with van der Waals surface area (Å²) in [6.07, 6.45) is 0. The molecule has 0 spiro atoms. The molecule has 10 heteroatoms. The zero-order valence-corrected chi connectivity index (χ0v) is 20.3. The number of rotatable bonds is 6. The molecule has 0 atom stereocenters. The topological polar surface area (TPSA) is 27.7 Å². The van der Waals surface area contributed by atoms with E-state index in [1.807, 2.05) is 0 Å². The van der Waals surface area contributed by atoms with Crippen LogP contribution in [-0.4, -0.2) is 0 Å². The Bertz CT molecular complexity index is 874. The third kappa shape index (κ3) is 6.05. The Labute approximate surface area is 198 Å². The maximum absolute atomic E-state index is 5.98. The lowest BCUT2D eigenvalue weighted by Gasteiger charge is -2.20. The summed E-state index contributed by atoms with van der Waals surface area (Å²) in [6.45, 7) is 0. The third-order valence-electron chi connectivity index (χ3n) is 3.35. The Morgan fingerprint density at radius 2 is 0.750 bits per heavy atom. The molecule has 0 radical (unpaired) electrons. The molecule has 0 fully saturated rings. The van der Waals surface area contributed by atoms with Gasteiger partial charge in [0.05, 0.1) is 0 Å². The van der Waals surface area contributed by atoms with E-state index in [9.17, 15) is 0 Å². The lowest BCUT2D eigenvalue weighted by Crippen LogP contribution is -2.03. The Hall–Kier alpha value is -0.410. The molecule has 0 saturated carbocycles. The molecule has 3 nitrogen and oxygen atoms in total. The molecule has 0 heterocycles. The minimum absolute atomic E-state index is 0.505. The van der Waals surface area contributed by atoms with Crippen LogP contribution in [0.3, 0.4) is 0 Å². The molecule has 0 N–H and O–H groups in total. The summed E-state index contributed by atoms with van der Waals surface area (Å²) >= 11 is 26.2. The molecule has 0 saturated heterocycles. The highest BCUT2D eigenvalue weighted by Crippen LogP contribution is 2.46. The van der Waals surface area contributed by atoms with Gasteiger partial charge in [-0.3, -0.25) is 0 Å². The molecule has 28 heavy (non-hydrogen) atoms. The molecule has 0 aliphatic carbocycles. The largest absolute Gasteiger partial charge is 0.530 e. The Morgan fingerprint density at radius 3 is 1.00 bits per heavy atom. The van der Waals surface area contributed by atoms with Crippen LogP contribution in [0.4, 0.5) is 0 Å². The lowest BCUT2D eigenvalue weighted by molar-refractivity contribution is 0.377. The molecule has 3 rings (SSSR count). The summed E-state index contributed by atoms with van der Waals surface area (Å²) < 4.78 is 17.9. The first-order valence-corrected chi connectivity index (χ1v) is 11.5. The van der Waals surface area contributed by atoms with Crippen LogP contribution in [0, 0.1) is 0 Å². The first kappa shape index (κ1) is 22.3. The molecular weight excluding hydrogens is 488 g/mol. The van der Waals surface area contributed by atoms with Crippen LogP contribution in [0.25, 0.3) is 0 Å². The van der Waals surface area contributed by atoms with Gasteiger partial charge in [0, 0.05) is 29.4 Å². The van der Waals surface area contributed by atoms with Crippen LogP contribution in [-0.2, 0) is 0 Å². The Morgan fingerprint density at radius 1 is 0.464 bits per heavy atom. The fourth-order valence-electron chi connectivity index (χ4n) is 2.05. The number of benzene rings is 3. The summed E-state index contributed by atoms with van der Waals surface area (Å²) in [4.78, 5) is 4.15. The van der Waals surface area contributed by atoms with Crippen molar-refractivity contribution < 1.29 is 13.6 Å². The predicted molar refractivity (Wildman–Crippen MR) is 132 cm³/mol. The minimum Gasteiger partial charge on any atom is -0.407 e. The van der Waals surface area contributed by atoms with Crippen LogP contribution < -0.4 is 13.6 Å². The van der Waals surface area contributed by atoms with Crippen molar-refractivity contribution >= 4 is 84.4 Å². The molecular formula is C18H15O3PS6. The van der Waals surface area contributed by atoms with Gasteiger partial charge in [-0.15, -0.1) is 75.8 Å². The van der Waals surface area contributed by atoms with E-state index < -0.39 is 8.60 Å². The van der Waals surface area contributed by atoms with E-state index in [0.717, 1.165) is 14.7 Å². The third-order valence-corrected chi connectivity index (χ3v) is 6.27. The van der Waals surface area contributed by atoms with Crippen molar-refractivity contribution in [3.05, 3.63) is 54.6 Å². The number of hydrogen-bond donors (Lipinski definition) is 6. The van der Waals surface area contributed by atoms with E-state index in [0.29, 0.717) is 31.9 Å². The predicted octanol–water partition coefficient (Wildman–Crippen LogP) is 7.18. The van der Waals surface area contributed by atoms with Gasteiger partial charge in [-0.05, 0) is 54.6 Å². The van der Waals surface area contributed by atoms with Crippen LogP contribution in [0.1, 0.15) is 0 Å². The van der Waals surface area contributed by atoms with E-state index in [1.165, 1.54) is 0 Å². The maximum Gasteiger partial charge on any atom is 0.530 e. The molecule has 0 aliphatic heterocycles. The molecule has 0 amide bonds. The van der Waals surface area contributed by atoms with Gasteiger partial charge in [0.15, 0.2) is 0 Å². The monoisotopic (exact) mass is 502 g/mol. The second-order valence-corrected chi connectivity index (χ2v) is 9.44. The summed E-state index contributed by atoms with van der Waals surface area (Å²) in [5, 5.41) is 0. The van der Waals surface area contributed by atoms with Crippen LogP contribution in [0.2, 0.25) is 0 Å². The van der Waals surface area contributed by atoms with Crippen molar-refractivity contribution in [2.75, 3.05) is 0 Å². The van der Waals surface area contributed by atoms with Crippen LogP contribution in [0.5, 0.6) is 17.2 Å². The molecule has 0 bridgehead atoms. The van der Waals surface area contributed by atoms with Crippen molar-refractivity contribution in [2.45, 2.75) is 29.4 Å². The molecule has 0 aliphatic rings. The molecule has 0 aromatic heterocycles. The minimum atomic E-state index is -1.89. The fourth-order valence-corrected chi connectivity index (χ4v) is 5.03. The van der Waals surface area contributed by atoms with Crippen LogP contribution in [0.15, 0.2) is 84.0 Å². The average molecular weight is 503 g/mol. The van der Waals surface area contributed by atoms with Gasteiger partial charge in [-0.2, -0.15) is 0 Å². The summed E-state index contributed by atoms with van der Waals surface area (Å²) in [7, 11) is -1.89. The highest BCUT2D eigenvalue weighted by molar-refractivity contribution is 7.81. The highest BCUT2D eigenvalue weighted by atomic mass is 32.1. The van der Waals surface area contributed by atoms with Crippen molar-refractivity contribution in [1.29, 1.82) is 0 Å². The second-order valence-electron chi connectivity index (χ2n) is 5.45. The van der Waals surface area contributed by atoms with Crippen molar-refractivity contribution in [3.63, 3.8) is 0 Å². The van der Waals surface area contributed by atoms with Gasteiger partial charge in [0.2, 0.25) is 0 Å². The highest BCUT2D eigenvalue weighted by Gasteiger charge is 2.23. The summed E-state index contributed by atoms with van der Waals surface area (Å²) in [5.41, 5.74) is 0. The quantitative estimate of drug-likeness (QED) is 0.159. The van der Waals surface area contributed by atoms with E-state index in [4.69, 9.17) is 13.6 Å². The summed E-state index contributed by atoms with van der Waals surface area (Å²) in [5.74, 6) is 1.51. The first-order chi connectivity index (χ1) is 13.3. The van der Waals surface area contributed by atoms with Gasteiger partial charge in [-0.25, -0.2) is 0 Å². The second kappa shape index (κ2) is 10.1. The lowest BCUT2D eigenvalue weighted by atomic mass is 10.3. The van der Waals surface area contributed by atoms with Gasteiger partial charge < -0.3 is 13.6 Å². The zero-order valence-electron chi connectivity index (χ0n) is 14.1.